The predicted molar refractivity (Wildman–Crippen MR) is 91.4 cm³/mol. The second-order valence-electron chi connectivity index (χ2n) is 6.29. The van der Waals surface area contributed by atoms with Crippen LogP contribution in [-0.4, -0.2) is 39.9 Å². The highest BCUT2D eigenvalue weighted by Crippen LogP contribution is 2.38. The zero-order valence-electron chi connectivity index (χ0n) is 13.8. The van der Waals surface area contributed by atoms with Crippen molar-refractivity contribution in [1.29, 1.82) is 0 Å². The molecule has 1 aliphatic rings. The predicted octanol–water partition coefficient (Wildman–Crippen LogP) is 3.49. The molecule has 21 heavy (non-hydrogen) atoms. The van der Waals surface area contributed by atoms with E-state index in [9.17, 15) is 0 Å². The summed E-state index contributed by atoms with van der Waals surface area (Å²) in [5.41, 5.74) is 1.39. The summed E-state index contributed by atoms with van der Waals surface area (Å²) in [6.07, 6.45) is 6.83. The first-order chi connectivity index (χ1) is 10.0. The van der Waals surface area contributed by atoms with Gasteiger partial charge in [-0.3, -0.25) is 9.58 Å². The van der Waals surface area contributed by atoms with Crippen molar-refractivity contribution >= 4 is 15.9 Å². The summed E-state index contributed by atoms with van der Waals surface area (Å²) < 4.78 is 3.12. The molecule has 0 bridgehead atoms. The van der Waals surface area contributed by atoms with E-state index in [0.717, 1.165) is 23.9 Å². The molecule has 0 spiro atoms. The van der Waals surface area contributed by atoms with Crippen molar-refractivity contribution in [3.05, 3.63) is 16.4 Å². The van der Waals surface area contributed by atoms with Crippen molar-refractivity contribution in [2.45, 2.75) is 58.0 Å². The number of nitrogens with one attached hydrogen (secondary N) is 1. The van der Waals surface area contributed by atoms with Gasteiger partial charge in [0.15, 0.2) is 0 Å². The summed E-state index contributed by atoms with van der Waals surface area (Å²) in [6, 6.07) is 0.294. The second kappa shape index (κ2) is 7.25. The summed E-state index contributed by atoms with van der Waals surface area (Å²) in [5, 5.41) is 8.22. The maximum atomic E-state index is 4.43. The van der Waals surface area contributed by atoms with Gasteiger partial charge in [-0.2, -0.15) is 5.10 Å². The van der Waals surface area contributed by atoms with Gasteiger partial charge in [0.1, 0.15) is 0 Å². The van der Waals surface area contributed by atoms with Crippen molar-refractivity contribution < 1.29 is 0 Å². The van der Waals surface area contributed by atoms with Crippen LogP contribution >= 0.6 is 15.9 Å². The Morgan fingerprint density at radius 1 is 1.38 bits per heavy atom. The van der Waals surface area contributed by atoms with Gasteiger partial charge >= 0.3 is 0 Å². The van der Waals surface area contributed by atoms with E-state index in [-0.39, 0.29) is 5.54 Å². The fourth-order valence-corrected chi connectivity index (χ4v) is 4.06. The van der Waals surface area contributed by atoms with E-state index < -0.39 is 0 Å². The first kappa shape index (κ1) is 17.0. The van der Waals surface area contributed by atoms with Crippen molar-refractivity contribution in [2.24, 2.45) is 7.05 Å². The van der Waals surface area contributed by atoms with Gasteiger partial charge in [0.2, 0.25) is 0 Å². The van der Waals surface area contributed by atoms with Gasteiger partial charge in [-0.15, -0.1) is 0 Å². The van der Waals surface area contributed by atoms with Crippen LogP contribution in [0.3, 0.4) is 0 Å². The van der Waals surface area contributed by atoms with Gasteiger partial charge in [-0.1, -0.05) is 13.8 Å². The molecule has 2 unspecified atom stereocenters. The third-order valence-corrected chi connectivity index (χ3v) is 5.59. The Hall–Kier alpha value is -0.390. The lowest BCUT2D eigenvalue weighted by Gasteiger charge is -2.45. The summed E-state index contributed by atoms with van der Waals surface area (Å²) >= 11 is 3.70. The molecule has 1 aliphatic heterocycles. The van der Waals surface area contributed by atoms with Gasteiger partial charge in [-0.05, 0) is 68.2 Å². The minimum atomic E-state index is 0.127. The molecule has 2 heterocycles. The number of aryl methyl sites for hydroxylation is 1. The normalized spacial score (nSPS) is 20.6. The molecule has 2 atom stereocenters. The van der Waals surface area contributed by atoms with Gasteiger partial charge in [0.05, 0.1) is 22.4 Å². The van der Waals surface area contributed by atoms with Crippen LogP contribution in [0, 0.1) is 0 Å². The SMILES string of the molecule is CCCNC(c1c(Br)cnn1C)C(C)(CC)N1CCCC1. The molecule has 1 aromatic rings. The fourth-order valence-electron chi connectivity index (χ4n) is 3.48. The standard InChI is InChI=1S/C16H29BrN4/c1-5-9-18-15(14-13(17)12-19-20(14)4)16(3,6-2)21-10-7-8-11-21/h12,15,18H,5-11H2,1-4H3. The van der Waals surface area contributed by atoms with E-state index in [0.29, 0.717) is 6.04 Å². The molecule has 0 saturated carbocycles. The summed E-state index contributed by atoms with van der Waals surface area (Å²) in [6.45, 7) is 10.4. The zero-order valence-corrected chi connectivity index (χ0v) is 15.4. The minimum Gasteiger partial charge on any atom is -0.307 e. The third kappa shape index (κ3) is 3.35. The van der Waals surface area contributed by atoms with E-state index in [2.05, 4.69) is 52.0 Å². The Morgan fingerprint density at radius 2 is 2.05 bits per heavy atom. The zero-order chi connectivity index (χ0) is 15.5. The van der Waals surface area contributed by atoms with Crippen LogP contribution in [0.5, 0.6) is 0 Å². The van der Waals surface area contributed by atoms with Crippen molar-refractivity contribution in [3.8, 4) is 0 Å². The highest BCUT2D eigenvalue weighted by atomic mass is 79.9. The molecule has 1 fully saturated rings. The van der Waals surface area contributed by atoms with Crippen LogP contribution in [-0.2, 0) is 7.05 Å². The smallest absolute Gasteiger partial charge is 0.0711 e. The highest BCUT2D eigenvalue weighted by Gasteiger charge is 2.42. The van der Waals surface area contributed by atoms with Crippen molar-refractivity contribution in [1.82, 2.24) is 20.0 Å². The van der Waals surface area contributed by atoms with Gasteiger partial charge in [0.25, 0.3) is 0 Å². The number of hydrogen-bond acceptors (Lipinski definition) is 3. The summed E-state index contributed by atoms with van der Waals surface area (Å²) in [4.78, 5) is 2.67. The topological polar surface area (TPSA) is 33.1 Å². The number of hydrogen-bond donors (Lipinski definition) is 1. The average molecular weight is 357 g/mol. The molecular weight excluding hydrogens is 328 g/mol. The van der Waals surface area contributed by atoms with E-state index in [4.69, 9.17) is 0 Å². The molecule has 0 aliphatic carbocycles. The summed E-state index contributed by atoms with van der Waals surface area (Å²) in [5.74, 6) is 0. The maximum Gasteiger partial charge on any atom is 0.0711 e. The molecule has 5 heteroatoms. The van der Waals surface area contributed by atoms with Crippen LogP contribution in [0.1, 0.15) is 58.2 Å². The number of halogens is 1. The van der Waals surface area contributed by atoms with Crippen LogP contribution < -0.4 is 5.32 Å². The number of aromatic nitrogens is 2. The fraction of sp³-hybridized carbons (Fsp3) is 0.812. The largest absolute Gasteiger partial charge is 0.307 e. The van der Waals surface area contributed by atoms with Crippen LogP contribution in [0.4, 0.5) is 0 Å². The van der Waals surface area contributed by atoms with Gasteiger partial charge in [0, 0.05) is 12.6 Å². The number of likely N-dealkylation sites (tertiary alicyclic amines) is 1. The van der Waals surface area contributed by atoms with E-state index >= 15 is 0 Å². The lowest BCUT2D eigenvalue weighted by molar-refractivity contribution is 0.0803. The molecule has 0 amide bonds. The monoisotopic (exact) mass is 356 g/mol. The lowest BCUT2D eigenvalue weighted by atomic mass is 9.85. The lowest BCUT2D eigenvalue weighted by Crippen LogP contribution is -2.54. The quantitative estimate of drug-likeness (QED) is 0.811. The molecule has 0 radical (unpaired) electrons. The van der Waals surface area contributed by atoms with Gasteiger partial charge in [-0.25, -0.2) is 0 Å². The Balaban J connectivity index is 2.37. The van der Waals surface area contributed by atoms with Crippen molar-refractivity contribution in [2.75, 3.05) is 19.6 Å². The Labute approximate surface area is 137 Å². The van der Waals surface area contributed by atoms with Gasteiger partial charge < -0.3 is 5.32 Å². The highest BCUT2D eigenvalue weighted by molar-refractivity contribution is 9.10. The summed E-state index contributed by atoms with van der Waals surface area (Å²) in [7, 11) is 2.04. The molecule has 4 nitrogen and oxygen atoms in total. The molecule has 1 N–H and O–H groups in total. The molecule has 0 aromatic carbocycles. The molecule has 120 valence electrons. The van der Waals surface area contributed by atoms with E-state index in [1.165, 1.54) is 31.6 Å². The average Bonchev–Trinajstić information content (AvgIpc) is 3.12. The maximum absolute atomic E-state index is 4.43. The first-order valence-electron chi connectivity index (χ1n) is 8.20. The molecular formula is C16H29BrN4. The Bertz CT molecular complexity index is 434. The van der Waals surface area contributed by atoms with E-state index in [1.54, 1.807) is 0 Å². The molecule has 1 aromatic heterocycles. The number of rotatable bonds is 7. The number of nitrogens with zero attached hydrogens (tertiary/aromatic N) is 3. The Morgan fingerprint density at radius 3 is 2.52 bits per heavy atom. The Kier molecular flexibility index (Phi) is 5.86. The third-order valence-electron chi connectivity index (χ3n) is 4.98. The molecule has 2 rings (SSSR count). The van der Waals surface area contributed by atoms with Crippen LogP contribution in [0.15, 0.2) is 10.7 Å². The van der Waals surface area contributed by atoms with Crippen LogP contribution in [0.25, 0.3) is 0 Å². The second-order valence-corrected chi connectivity index (χ2v) is 7.15. The van der Waals surface area contributed by atoms with E-state index in [1.807, 2.05) is 17.9 Å². The van der Waals surface area contributed by atoms with Crippen molar-refractivity contribution in [3.63, 3.8) is 0 Å². The van der Waals surface area contributed by atoms with Crippen LogP contribution in [0.2, 0.25) is 0 Å². The first-order valence-corrected chi connectivity index (χ1v) is 8.99. The minimum absolute atomic E-state index is 0.127. The molecule has 1 saturated heterocycles.